The van der Waals surface area contributed by atoms with Crippen molar-refractivity contribution in [1.82, 2.24) is 14.8 Å². The lowest BCUT2D eigenvalue weighted by Gasteiger charge is -2.38. The molecule has 2 unspecified atom stereocenters. The molecule has 0 radical (unpaired) electrons. The molecule has 0 saturated carbocycles. The number of hydrogen-bond donors (Lipinski definition) is 0. The van der Waals surface area contributed by atoms with Crippen LogP contribution in [0.5, 0.6) is 0 Å². The molecule has 116 valence electrons. The summed E-state index contributed by atoms with van der Waals surface area (Å²) in [5.41, 5.74) is 1.30. The van der Waals surface area contributed by atoms with Crippen molar-refractivity contribution in [2.75, 3.05) is 31.7 Å². The second kappa shape index (κ2) is 5.82. The first-order valence-electron chi connectivity index (χ1n) is 8.12. The molecular weight excluding hydrogens is 274 g/mol. The van der Waals surface area contributed by atoms with Crippen LogP contribution in [0.4, 0.5) is 5.82 Å². The van der Waals surface area contributed by atoms with Gasteiger partial charge in [-0.1, -0.05) is 6.07 Å². The van der Waals surface area contributed by atoms with Crippen molar-refractivity contribution in [2.24, 2.45) is 4.99 Å². The Balaban J connectivity index is 1.39. The molecule has 5 nitrogen and oxygen atoms in total. The Morgan fingerprint density at radius 3 is 2.64 bits per heavy atom. The Bertz CT molecular complexity index is 565. The maximum atomic E-state index is 4.60. The number of nitrogens with zero attached hydrogens (tertiary/aromatic N) is 5. The highest BCUT2D eigenvalue weighted by Gasteiger charge is 2.37. The first-order valence-corrected chi connectivity index (χ1v) is 8.12. The minimum atomic E-state index is 0.657. The van der Waals surface area contributed by atoms with E-state index in [-0.39, 0.29) is 0 Å². The second-order valence-corrected chi connectivity index (χ2v) is 6.55. The van der Waals surface area contributed by atoms with Gasteiger partial charge in [0.05, 0.1) is 0 Å². The third-order valence-electron chi connectivity index (χ3n) is 5.12. The molecule has 3 aliphatic heterocycles. The van der Waals surface area contributed by atoms with E-state index in [4.69, 9.17) is 0 Å². The Hall–Kier alpha value is -1.72. The van der Waals surface area contributed by atoms with Crippen molar-refractivity contribution >= 4 is 12.0 Å². The van der Waals surface area contributed by atoms with Gasteiger partial charge in [-0.05, 0) is 37.6 Å². The number of likely N-dealkylation sites (N-methyl/N-ethyl adjacent to an activating group) is 1. The Morgan fingerprint density at radius 1 is 1.18 bits per heavy atom. The first-order chi connectivity index (χ1) is 10.8. The summed E-state index contributed by atoms with van der Waals surface area (Å²) in [6, 6.07) is 5.81. The van der Waals surface area contributed by atoms with E-state index in [1.54, 1.807) is 0 Å². The molecule has 0 amide bonds. The van der Waals surface area contributed by atoms with E-state index in [0.717, 1.165) is 24.4 Å². The van der Waals surface area contributed by atoms with Gasteiger partial charge >= 0.3 is 0 Å². The van der Waals surface area contributed by atoms with Crippen molar-refractivity contribution < 1.29 is 0 Å². The lowest BCUT2D eigenvalue weighted by molar-refractivity contribution is 0.0837. The van der Waals surface area contributed by atoms with Crippen molar-refractivity contribution in [3.05, 3.63) is 36.2 Å². The number of pyridine rings is 1. The smallest absolute Gasteiger partial charge is 0.134 e. The summed E-state index contributed by atoms with van der Waals surface area (Å²) in [5, 5.41) is 0. The van der Waals surface area contributed by atoms with Crippen molar-refractivity contribution in [1.29, 1.82) is 0 Å². The van der Waals surface area contributed by atoms with Gasteiger partial charge in [-0.25, -0.2) is 4.98 Å². The van der Waals surface area contributed by atoms with E-state index in [9.17, 15) is 0 Å². The molecular formula is C17H23N5. The molecule has 0 spiro atoms. The van der Waals surface area contributed by atoms with Crippen molar-refractivity contribution in [3.63, 3.8) is 0 Å². The fraction of sp³-hybridized carbons (Fsp3) is 0.529. The average Bonchev–Trinajstić information content (AvgIpc) is 2.78. The van der Waals surface area contributed by atoms with Gasteiger partial charge in [-0.3, -0.25) is 14.8 Å². The Morgan fingerprint density at radius 2 is 2.00 bits per heavy atom. The molecule has 4 heterocycles. The molecule has 1 aromatic heterocycles. The molecule has 5 heteroatoms. The molecule has 2 atom stereocenters. The zero-order valence-corrected chi connectivity index (χ0v) is 13.1. The van der Waals surface area contributed by atoms with Crippen LogP contribution in [-0.4, -0.2) is 59.9 Å². The van der Waals surface area contributed by atoms with Crippen LogP contribution >= 0.6 is 0 Å². The molecule has 1 aromatic rings. The number of aromatic nitrogens is 1. The molecule has 3 aliphatic rings. The lowest BCUT2D eigenvalue weighted by Crippen LogP contribution is -2.51. The van der Waals surface area contributed by atoms with Gasteiger partial charge in [-0.15, -0.1) is 0 Å². The largest absolute Gasteiger partial charge is 0.313 e. The monoisotopic (exact) mass is 297 g/mol. The van der Waals surface area contributed by atoms with Gasteiger partial charge in [0.1, 0.15) is 12.5 Å². The van der Waals surface area contributed by atoms with Gasteiger partial charge in [0.15, 0.2) is 0 Å². The van der Waals surface area contributed by atoms with E-state index < -0.39 is 0 Å². The van der Waals surface area contributed by atoms with E-state index in [2.05, 4.69) is 43.9 Å². The predicted molar refractivity (Wildman–Crippen MR) is 89.1 cm³/mol. The highest BCUT2D eigenvalue weighted by molar-refractivity contribution is 5.73. The van der Waals surface area contributed by atoms with Crippen LogP contribution in [0.3, 0.4) is 0 Å². The summed E-state index contributed by atoms with van der Waals surface area (Å²) in [6.07, 6.45) is 10.5. The highest BCUT2D eigenvalue weighted by Crippen LogP contribution is 2.29. The molecule has 4 rings (SSSR count). The summed E-state index contributed by atoms with van der Waals surface area (Å²) in [4.78, 5) is 16.1. The minimum Gasteiger partial charge on any atom is -0.313 e. The molecule has 2 bridgehead atoms. The average molecular weight is 297 g/mol. The SMILES string of the molecule is CN1C2CCC1CN(Cc1ccc(N3C=CC=NC3)nc1)C2. The molecule has 2 saturated heterocycles. The third kappa shape index (κ3) is 2.66. The number of allylic oxidation sites excluding steroid dienone is 1. The maximum absolute atomic E-state index is 4.60. The number of piperazine rings is 1. The zero-order chi connectivity index (χ0) is 14.9. The third-order valence-corrected chi connectivity index (χ3v) is 5.12. The van der Waals surface area contributed by atoms with Crippen LogP contribution < -0.4 is 4.90 Å². The number of fused-ring (bicyclic) bond motifs is 2. The Kier molecular flexibility index (Phi) is 3.68. The minimum absolute atomic E-state index is 0.657. The fourth-order valence-corrected chi connectivity index (χ4v) is 3.80. The van der Waals surface area contributed by atoms with Crippen LogP contribution in [-0.2, 0) is 6.54 Å². The first kappa shape index (κ1) is 13.9. The van der Waals surface area contributed by atoms with E-state index in [1.165, 1.54) is 31.5 Å². The summed E-state index contributed by atoms with van der Waals surface area (Å²) in [7, 11) is 2.28. The number of aliphatic imine (C=N–C) groups is 1. The number of likely N-dealkylation sites (tertiary alicyclic amines) is 1. The van der Waals surface area contributed by atoms with Crippen LogP contribution in [0.1, 0.15) is 18.4 Å². The van der Waals surface area contributed by atoms with Gasteiger partial charge < -0.3 is 4.90 Å². The number of hydrogen-bond acceptors (Lipinski definition) is 5. The normalized spacial score (nSPS) is 28.5. The molecule has 0 N–H and O–H groups in total. The highest BCUT2D eigenvalue weighted by atomic mass is 15.3. The molecule has 0 aliphatic carbocycles. The summed E-state index contributed by atoms with van der Waals surface area (Å²) in [5.74, 6) is 0.968. The summed E-state index contributed by atoms with van der Waals surface area (Å²) in [6.45, 7) is 4.06. The van der Waals surface area contributed by atoms with Crippen LogP contribution in [0.25, 0.3) is 0 Å². The van der Waals surface area contributed by atoms with Gasteiger partial charge in [0.25, 0.3) is 0 Å². The quantitative estimate of drug-likeness (QED) is 0.851. The van der Waals surface area contributed by atoms with E-state index >= 15 is 0 Å². The predicted octanol–water partition coefficient (Wildman–Crippen LogP) is 1.72. The summed E-state index contributed by atoms with van der Waals surface area (Å²) < 4.78 is 0. The van der Waals surface area contributed by atoms with Crippen LogP contribution in [0.15, 0.2) is 35.6 Å². The number of rotatable bonds is 3. The topological polar surface area (TPSA) is 35.0 Å². The van der Waals surface area contributed by atoms with Gasteiger partial charge in [0, 0.05) is 50.3 Å². The second-order valence-electron chi connectivity index (χ2n) is 6.55. The van der Waals surface area contributed by atoms with Gasteiger partial charge in [-0.2, -0.15) is 0 Å². The zero-order valence-electron chi connectivity index (χ0n) is 13.1. The van der Waals surface area contributed by atoms with Crippen molar-refractivity contribution in [3.8, 4) is 0 Å². The van der Waals surface area contributed by atoms with E-state index in [0.29, 0.717) is 6.67 Å². The Labute approximate surface area is 131 Å². The standard InChI is InChI=1S/C17H23N5/c1-20-15-4-5-16(20)12-21(11-15)10-14-3-6-17(19-9-14)22-8-2-7-18-13-22/h2-3,6-9,15-16H,4-5,10-13H2,1H3. The van der Waals surface area contributed by atoms with Crippen molar-refractivity contribution in [2.45, 2.75) is 31.5 Å². The fourth-order valence-electron chi connectivity index (χ4n) is 3.80. The van der Waals surface area contributed by atoms with Crippen LogP contribution in [0, 0.1) is 0 Å². The molecule has 2 fully saturated rings. The maximum Gasteiger partial charge on any atom is 0.134 e. The van der Waals surface area contributed by atoms with E-state index in [1.807, 2.05) is 24.7 Å². The lowest BCUT2D eigenvalue weighted by atomic mass is 10.1. The molecule has 0 aromatic carbocycles. The van der Waals surface area contributed by atoms with Crippen LogP contribution in [0.2, 0.25) is 0 Å². The van der Waals surface area contributed by atoms with Gasteiger partial charge in [0.2, 0.25) is 0 Å². The molecule has 22 heavy (non-hydrogen) atoms. The summed E-state index contributed by atoms with van der Waals surface area (Å²) >= 11 is 0. The number of anilines is 1.